The summed E-state index contributed by atoms with van der Waals surface area (Å²) in [6.45, 7) is 8.17. The van der Waals surface area contributed by atoms with Crippen LogP contribution in [-0.2, 0) is 0 Å². The SMILES string of the molecule is CCC1CCCN(C2(CN)CCC(CC)CC2)CC1. The second-order valence-electron chi connectivity index (χ2n) is 6.97. The fourth-order valence-electron chi connectivity index (χ4n) is 4.32. The molecule has 0 aromatic carbocycles. The standard InChI is InChI=1S/C17H34N2/c1-3-15-6-5-12-19(13-9-15)17(14-18)10-7-16(4-2)8-11-17/h15-16H,3-14,18H2,1-2H3. The van der Waals surface area contributed by atoms with Crippen molar-refractivity contribution < 1.29 is 0 Å². The summed E-state index contributed by atoms with van der Waals surface area (Å²) in [5.41, 5.74) is 6.59. The second kappa shape index (κ2) is 7.08. The first-order chi connectivity index (χ1) is 9.24. The molecule has 112 valence electrons. The highest BCUT2D eigenvalue weighted by molar-refractivity contribution is 4.96. The summed E-state index contributed by atoms with van der Waals surface area (Å²) in [7, 11) is 0. The van der Waals surface area contributed by atoms with Crippen LogP contribution in [0.3, 0.4) is 0 Å². The molecule has 1 atom stereocenters. The van der Waals surface area contributed by atoms with Crippen molar-refractivity contribution in [3.8, 4) is 0 Å². The Morgan fingerprint density at radius 3 is 2.16 bits per heavy atom. The fourth-order valence-corrected chi connectivity index (χ4v) is 4.32. The summed E-state index contributed by atoms with van der Waals surface area (Å²) in [6.07, 6.45) is 12.4. The first-order valence-corrected chi connectivity index (χ1v) is 8.69. The predicted octanol–water partition coefficient (Wildman–Crippen LogP) is 3.80. The topological polar surface area (TPSA) is 29.3 Å². The van der Waals surface area contributed by atoms with Gasteiger partial charge < -0.3 is 5.73 Å². The van der Waals surface area contributed by atoms with Gasteiger partial charge >= 0.3 is 0 Å². The number of nitrogens with two attached hydrogens (primary N) is 1. The van der Waals surface area contributed by atoms with Crippen LogP contribution in [0.2, 0.25) is 0 Å². The van der Waals surface area contributed by atoms with Gasteiger partial charge in [-0.2, -0.15) is 0 Å². The lowest BCUT2D eigenvalue weighted by molar-refractivity contribution is 0.0435. The van der Waals surface area contributed by atoms with Gasteiger partial charge in [-0.25, -0.2) is 0 Å². The highest BCUT2D eigenvalue weighted by Crippen LogP contribution is 2.38. The van der Waals surface area contributed by atoms with Crippen molar-refractivity contribution in [3.05, 3.63) is 0 Å². The molecule has 2 fully saturated rings. The predicted molar refractivity (Wildman–Crippen MR) is 83.2 cm³/mol. The zero-order valence-electron chi connectivity index (χ0n) is 13.2. The number of likely N-dealkylation sites (tertiary alicyclic amines) is 1. The molecule has 0 spiro atoms. The van der Waals surface area contributed by atoms with E-state index in [9.17, 15) is 0 Å². The van der Waals surface area contributed by atoms with Crippen LogP contribution in [0.4, 0.5) is 0 Å². The molecule has 0 amide bonds. The maximum atomic E-state index is 6.23. The van der Waals surface area contributed by atoms with Gasteiger partial charge in [-0.05, 0) is 69.9 Å². The Bertz CT molecular complexity index is 256. The molecule has 0 radical (unpaired) electrons. The lowest BCUT2D eigenvalue weighted by Crippen LogP contribution is -2.56. The van der Waals surface area contributed by atoms with E-state index in [0.717, 1.165) is 18.4 Å². The van der Waals surface area contributed by atoms with Gasteiger partial charge in [0.25, 0.3) is 0 Å². The zero-order valence-corrected chi connectivity index (χ0v) is 13.2. The second-order valence-corrected chi connectivity index (χ2v) is 6.97. The first kappa shape index (κ1) is 15.3. The van der Waals surface area contributed by atoms with Crippen molar-refractivity contribution in [2.75, 3.05) is 19.6 Å². The highest BCUT2D eigenvalue weighted by atomic mass is 15.2. The first-order valence-electron chi connectivity index (χ1n) is 8.69. The van der Waals surface area contributed by atoms with Crippen molar-refractivity contribution in [3.63, 3.8) is 0 Å². The molecule has 2 nitrogen and oxygen atoms in total. The smallest absolute Gasteiger partial charge is 0.0331 e. The van der Waals surface area contributed by atoms with Gasteiger partial charge in [0.1, 0.15) is 0 Å². The van der Waals surface area contributed by atoms with E-state index in [1.54, 1.807) is 0 Å². The Labute approximate surface area is 120 Å². The molecule has 1 saturated carbocycles. The van der Waals surface area contributed by atoms with E-state index in [-0.39, 0.29) is 0 Å². The summed E-state index contributed by atoms with van der Waals surface area (Å²) in [6, 6.07) is 0. The number of rotatable bonds is 4. The Morgan fingerprint density at radius 1 is 0.947 bits per heavy atom. The largest absolute Gasteiger partial charge is 0.329 e. The molecule has 1 heterocycles. The van der Waals surface area contributed by atoms with Crippen molar-refractivity contribution in [1.82, 2.24) is 4.90 Å². The third-order valence-corrected chi connectivity index (χ3v) is 6.09. The van der Waals surface area contributed by atoms with Crippen LogP contribution < -0.4 is 5.73 Å². The number of nitrogens with zero attached hydrogens (tertiary/aromatic N) is 1. The van der Waals surface area contributed by atoms with Crippen LogP contribution in [0.25, 0.3) is 0 Å². The molecule has 2 rings (SSSR count). The minimum Gasteiger partial charge on any atom is -0.329 e. The van der Waals surface area contributed by atoms with Gasteiger partial charge in [0.05, 0.1) is 0 Å². The third-order valence-electron chi connectivity index (χ3n) is 6.09. The van der Waals surface area contributed by atoms with Crippen LogP contribution in [0.1, 0.15) is 71.6 Å². The lowest BCUT2D eigenvalue weighted by atomic mass is 9.74. The van der Waals surface area contributed by atoms with E-state index in [1.165, 1.54) is 70.9 Å². The normalized spacial score (nSPS) is 38.1. The van der Waals surface area contributed by atoms with Crippen LogP contribution in [0.5, 0.6) is 0 Å². The molecule has 1 saturated heterocycles. The van der Waals surface area contributed by atoms with Gasteiger partial charge in [0, 0.05) is 12.1 Å². The molecular weight excluding hydrogens is 232 g/mol. The van der Waals surface area contributed by atoms with E-state index in [4.69, 9.17) is 5.73 Å². The van der Waals surface area contributed by atoms with Crippen LogP contribution in [0.15, 0.2) is 0 Å². The van der Waals surface area contributed by atoms with E-state index in [2.05, 4.69) is 18.7 Å². The summed E-state index contributed by atoms with van der Waals surface area (Å²) >= 11 is 0. The van der Waals surface area contributed by atoms with Crippen LogP contribution in [0, 0.1) is 11.8 Å². The number of hydrogen-bond acceptors (Lipinski definition) is 2. The summed E-state index contributed by atoms with van der Waals surface area (Å²) in [4.78, 5) is 2.79. The Balaban J connectivity index is 1.97. The van der Waals surface area contributed by atoms with E-state index in [1.807, 2.05) is 0 Å². The van der Waals surface area contributed by atoms with Crippen molar-refractivity contribution >= 4 is 0 Å². The van der Waals surface area contributed by atoms with E-state index < -0.39 is 0 Å². The average molecular weight is 266 g/mol. The van der Waals surface area contributed by atoms with Crippen molar-refractivity contribution in [2.45, 2.75) is 77.2 Å². The quantitative estimate of drug-likeness (QED) is 0.838. The van der Waals surface area contributed by atoms with Gasteiger partial charge in [0.15, 0.2) is 0 Å². The maximum absolute atomic E-state index is 6.23. The van der Waals surface area contributed by atoms with Gasteiger partial charge in [0.2, 0.25) is 0 Å². The average Bonchev–Trinajstić information content (AvgIpc) is 2.73. The Hall–Kier alpha value is -0.0800. The molecule has 2 aliphatic rings. The van der Waals surface area contributed by atoms with Gasteiger partial charge in [-0.3, -0.25) is 4.90 Å². The van der Waals surface area contributed by atoms with Gasteiger partial charge in [-0.1, -0.05) is 26.7 Å². The lowest BCUT2D eigenvalue weighted by Gasteiger charge is -2.47. The molecule has 19 heavy (non-hydrogen) atoms. The molecule has 1 aliphatic carbocycles. The third kappa shape index (κ3) is 3.52. The highest BCUT2D eigenvalue weighted by Gasteiger charge is 2.39. The summed E-state index contributed by atoms with van der Waals surface area (Å²) in [5.74, 6) is 1.93. The number of hydrogen-bond donors (Lipinski definition) is 1. The summed E-state index contributed by atoms with van der Waals surface area (Å²) < 4.78 is 0. The minimum absolute atomic E-state index is 0.355. The maximum Gasteiger partial charge on any atom is 0.0331 e. The zero-order chi connectivity index (χ0) is 13.7. The van der Waals surface area contributed by atoms with Crippen molar-refractivity contribution in [1.29, 1.82) is 0 Å². The molecule has 2 N–H and O–H groups in total. The van der Waals surface area contributed by atoms with E-state index >= 15 is 0 Å². The molecule has 1 aliphatic heterocycles. The molecule has 2 heteroatoms. The fraction of sp³-hybridized carbons (Fsp3) is 1.00. The van der Waals surface area contributed by atoms with Crippen LogP contribution in [-0.4, -0.2) is 30.1 Å². The van der Waals surface area contributed by atoms with Crippen molar-refractivity contribution in [2.24, 2.45) is 17.6 Å². The molecule has 0 aromatic heterocycles. The molecule has 1 unspecified atom stereocenters. The molecule has 0 aromatic rings. The Kier molecular flexibility index (Phi) is 5.70. The van der Waals surface area contributed by atoms with Crippen LogP contribution >= 0.6 is 0 Å². The van der Waals surface area contributed by atoms with Gasteiger partial charge in [-0.15, -0.1) is 0 Å². The minimum atomic E-state index is 0.355. The monoisotopic (exact) mass is 266 g/mol. The Morgan fingerprint density at radius 2 is 1.58 bits per heavy atom. The molecule has 0 bridgehead atoms. The van der Waals surface area contributed by atoms with E-state index in [0.29, 0.717) is 5.54 Å². The molecular formula is C17H34N2. The summed E-state index contributed by atoms with van der Waals surface area (Å²) in [5, 5.41) is 0.